The van der Waals surface area contributed by atoms with Crippen molar-refractivity contribution in [1.82, 2.24) is 0 Å². The summed E-state index contributed by atoms with van der Waals surface area (Å²) in [5.74, 6) is 0.450. The molecule has 15 heavy (non-hydrogen) atoms. The number of hydrogen-bond acceptors (Lipinski definition) is 1. The SMILES string of the molecule is FCOc1[c]cccc1-c1ccccc1. The molecule has 0 unspecified atom stereocenters. The zero-order valence-corrected chi connectivity index (χ0v) is 8.11. The van der Waals surface area contributed by atoms with Crippen molar-refractivity contribution in [1.29, 1.82) is 0 Å². The molecule has 1 nitrogen and oxygen atoms in total. The van der Waals surface area contributed by atoms with E-state index in [1.54, 1.807) is 6.07 Å². The van der Waals surface area contributed by atoms with Gasteiger partial charge in [-0.3, -0.25) is 0 Å². The van der Waals surface area contributed by atoms with E-state index in [9.17, 15) is 4.39 Å². The van der Waals surface area contributed by atoms with Gasteiger partial charge in [-0.2, -0.15) is 0 Å². The Morgan fingerprint density at radius 1 is 1.07 bits per heavy atom. The first-order chi connectivity index (χ1) is 7.42. The fourth-order valence-corrected chi connectivity index (χ4v) is 1.44. The van der Waals surface area contributed by atoms with E-state index in [4.69, 9.17) is 4.74 Å². The summed E-state index contributed by atoms with van der Waals surface area (Å²) in [7, 11) is 0. The molecule has 0 saturated heterocycles. The van der Waals surface area contributed by atoms with Crippen LogP contribution in [0.1, 0.15) is 0 Å². The van der Waals surface area contributed by atoms with Crippen molar-refractivity contribution in [2.24, 2.45) is 0 Å². The highest BCUT2D eigenvalue weighted by molar-refractivity contribution is 5.69. The lowest BCUT2D eigenvalue weighted by atomic mass is 10.1. The average Bonchev–Trinajstić information content (AvgIpc) is 2.31. The van der Waals surface area contributed by atoms with Crippen molar-refractivity contribution < 1.29 is 9.13 Å². The van der Waals surface area contributed by atoms with Crippen molar-refractivity contribution in [3.63, 3.8) is 0 Å². The number of ether oxygens (including phenoxy) is 1. The van der Waals surface area contributed by atoms with E-state index in [-0.39, 0.29) is 0 Å². The van der Waals surface area contributed by atoms with Gasteiger partial charge in [0, 0.05) is 11.6 Å². The molecule has 0 spiro atoms. The largest absolute Gasteiger partial charge is 0.462 e. The van der Waals surface area contributed by atoms with E-state index < -0.39 is 6.86 Å². The van der Waals surface area contributed by atoms with Gasteiger partial charge in [-0.25, -0.2) is 4.39 Å². The summed E-state index contributed by atoms with van der Waals surface area (Å²) in [5, 5.41) is 0. The fraction of sp³-hybridized carbons (Fsp3) is 0.0769. The summed E-state index contributed by atoms with van der Waals surface area (Å²) < 4.78 is 17.0. The number of halogens is 1. The molecule has 0 heterocycles. The molecule has 75 valence electrons. The molecule has 0 atom stereocenters. The minimum Gasteiger partial charge on any atom is -0.462 e. The number of benzene rings is 2. The van der Waals surface area contributed by atoms with Gasteiger partial charge in [0.05, 0.1) is 0 Å². The lowest BCUT2D eigenvalue weighted by Gasteiger charge is -2.07. The van der Waals surface area contributed by atoms with Gasteiger partial charge in [-0.1, -0.05) is 48.5 Å². The third-order valence-electron chi connectivity index (χ3n) is 2.10. The Kier molecular flexibility index (Phi) is 2.98. The van der Waals surface area contributed by atoms with Gasteiger partial charge >= 0.3 is 0 Å². The van der Waals surface area contributed by atoms with Gasteiger partial charge in [0.15, 0.2) is 0 Å². The average molecular weight is 201 g/mol. The number of alkyl halides is 1. The first-order valence-corrected chi connectivity index (χ1v) is 4.66. The van der Waals surface area contributed by atoms with Gasteiger partial charge in [0.1, 0.15) is 5.75 Å². The standard InChI is InChI=1S/C13H10FO/c14-10-15-13-9-5-4-8-12(13)11-6-2-1-3-7-11/h1-8H,10H2. The molecule has 2 aromatic rings. The van der Waals surface area contributed by atoms with Crippen LogP contribution >= 0.6 is 0 Å². The Bertz CT molecular complexity index is 426. The second-order valence-electron chi connectivity index (χ2n) is 3.03. The van der Waals surface area contributed by atoms with Gasteiger partial charge in [-0.15, -0.1) is 0 Å². The maximum Gasteiger partial charge on any atom is 0.228 e. The Morgan fingerprint density at radius 3 is 2.60 bits per heavy atom. The van der Waals surface area contributed by atoms with Crippen molar-refractivity contribution in [2.75, 3.05) is 6.86 Å². The van der Waals surface area contributed by atoms with Gasteiger partial charge < -0.3 is 4.74 Å². The molecule has 0 aliphatic carbocycles. The monoisotopic (exact) mass is 201 g/mol. The summed E-state index contributed by atoms with van der Waals surface area (Å²) in [6, 6.07) is 18.0. The zero-order chi connectivity index (χ0) is 10.5. The highest BCUT2D eigenvalue weighted by Crippen LogP contribution is 2.28. The van der Waals surface area contributed by atoms with Crippen LogP contribution in [-0.2, 0) is 0 Å². The van der Waals surface area contributed by atoms with E-state index in [0.717, 1.165) is 11.1 Å². The van der Waals surface area contributed by atoms with Crippen LogP contribution in [0.2, 0.25) is 0 Å². The Labute approximate surface area is 88.1 Å². The lowest BCUT2D eigenvalue weighted by molar-refractivity contribution is 0.192. The maximum atomic E-state index is 12.1. The molecular formula is C13H10FO. The summed E-state index contributed by atoms with van der Waals surface area (Å²) in [5.41, 5.74) is 1.86. The summed E-state index contributed by atoms with van der Waals surface area (Å²) in [4.78, 5) is 0. The molecule has 2 aromatic carbocycles. The van der Waals surface area contributed by atoms with Crippen molar-refractivity contribution in [2.45, 2.75) is 0 Å². The molecule has 0 aromatic heterocycles. The number of para-hydroxylation sites is 1. The van der Waals surface area contributed by atoms with Crippen LogP contribution in [0.25, 0.3) is 11.1 Å². The van der Waals surface area contributed by atoms with E-state index >= 15 is 0 Å². The normalized spacial score (nSPS) is 9.93. The number of hydrogen-bond donors (Lipinski definition) is 0. The first-order valence-electron chi connectivity index (χ1n) is 4.66. The minimum atomic E-state index is -0.833. The highest BCUT2D eigenvalue weighted by Gasteiger charge is 2.04. The molecule has 1 radical (unpaired) electrons. The molecule has 0 amide bonds. The molecule has 0 N–H and O–H groups in total. The van der Waals surface area contributed by atoms with Gasteiger partial charge in [-0.05, 0) is 5.56 Å². The van der Waals surface area contributed by atoms with E-state index in [2.05, 4.69) is 6.07 Å². The molecule has 2 heteroatoms. The predicted molar refractivity (Wildman–Crippen MR) is 57.3 cm³/mol. The third-order valence-corrected chi connectivity index (χ3v) is 2.10. The molecule has 2 rings (SSSR count). The Morgan fingerprint density at radius 2 is 1.87 bits per heavy atom. The minimum absolute atomic E-state index is 0.450. The second-order valence-corrected chi connectivity index (χ2v) is 3.03. The molecule has 0 bridgehead atoms. The third kappa shape index (κ3) is 2.15. The molecule has 0 fully saturated rings. The molecular weight excluding hydrogens is 191 g/mol. The van der Waals surface area contributed by atoms with Crippen LogP contribution in [0.3, 0.4) is 0 Å². The lowest BCUT2D eigenvalue weighted by Crippen LogP contribution is -1.92. The topological polar surface area (TPSA) is 9.23 Å². The van der Waals surface area contributed by atoms with Crippen LogP contribution in [0.15, 0.2) is 48.5 Å². The number of rotatable bonds is 3. The quantitative estimate of drug-likeness (QED) is 0.738. The Hall–Kier alpha value is -1.83. The highest BCUT2D eigenvalue weighted by atomic mass is 19.1. The van der Waals surface area contributed by atoms with E-state index in [1.165, 1.54) is 0 Å². The van der Waals surface area contributed by atoms with Crippen molar-refractivity contribution >= 4 is 0 Å². The summed E-state index contributed by atoms with van der Waals surface area (Å²) in [6.45, 7) is -0.833. The first kappa shape index (κ1) is 9.71. The second kappa shape index (κ2) is 4.60. The van der Waals surface area contributed by atoms with Crippen LogP contribution < -0.4 is 4.74 Å². The summed E-state index contributed by atoms with van der Waals surface area (Å²) >= 11 is 0. The maximum absolute atomic E-state index is 12.1. The molecule has 0 aliphatic rings. The van der Waals surface area contributed by atoms with Crippen LogP contribution in [-0.4, -0.2) is 6.86 Å². The van der Waals surface area contributed by atoms with Crippen LogP contribution in [0, 0.1) is 6.07 Å². The molecule has 0 saturated carbocycles. The predicted octanol–water partition coefficient (Wildman–Crippen LogP) is 3.46. The van der Waals surface area contributed by atoms with Gasteiger partial charge in [0.2, 0.25) is 6.86 Å². The van der Waals surface area contributed by atoms with E-state index in [1.807, 2.05) is 42.5 Å². The van der Waals surface area contributed by atoms with Gasteiger partial charge in [0.25, 0.3) is 0 Å². The molecule has 0 aliphatic heterocycles. The van der Waals surface area contributed by atoms with Crippen LogP contribution in [0.4, 0.5) is 4.39 Å². The summed E-state index contributed by atoms with van der Waals surface area (Å²) in [6.07, 6.45) is 0. The smallest absolute Gasteiger partial charge is 0.228 e. The zero-order valence-electron chi connectivity index (χ0n) is 8.11. The van der Waals surface area contributed by atoms with Crippen molar-refractivity contribution in [3.8, 4) is 16.9 Å². The van der Waals surface area contributed by atoms with Crippen molar-refractivity contribution in [3.05, 3.63) is 54.6 Å². The van der Waals surface area contributed by atoms with E-state index in [0.29, 0.717) is 5.75 Å². The van der Waals surface area contributed by atoms with Crippen LogP contribution in [0.5, 0.6) is 5.75 Å². The fourth-order valence-electron chi connectivity index (χ4n) is 1.44. The Balaban J connectivity index is 2.43.